The Morgan fingerprint density at radius 2 is 2.05 bits per heavy atom. The van der Waals surface area contributed by atoms with Crippen LogP contribution >= 0.6 is 0 Å². The molecule has 0 atom stereocenters. The van der Waals surface area contributed by atoms with E-state index in [1.807, 2.05) is 5.32 Å². The van der Waals surface area contributed by atoms with Crippen LogP contribution in [0.25, 0.3) is 0 Å². The second kappa shape index (κ2) is 6.20. The zero-order chi connectivity index (χ0) is 14.5. The minimum Gasteiger partial charge on any atom is -0.322 e. The van der Waals surface area contributed by atoms with E-state index < -0.39 is 29.2 Å². The van der Waals surface area contributed by atoms with Crippen molar-refractivity contribution in [3.05, 3.63) is 29.6 Å². The third-order valence-electron chi connectivity index (χ3n) is 2.08. The van der Waals surface area contributed by atoms with Crippen molar-refractivity contribution in [1.29, 1.82) is 0 Å². The molecule has 1 amide bonds. The number of alkyl halides is 3. The van der Waals surface area contributed by atoms with E-state index in [9.17, 15) is 22.4 Å². The number of nitrogens with one attached hydrogen (secondary N) is 2. The third kappa shape index (κ3) is 4.60. The van der Waals surface area contributed by atoms with Crippen molar-refractivity contribution in [3.63, 3.8) is 0 Å². The summed E-state index contributed by atoms with van der Waals surface area (Å²) in [6, 6.07) is 1.78. The molecule has 0 saturated heterocycles. The summed E-state index contributed by atoms with van der Waals surface area (Å²) in [5.74, 6) is 0.581. The fourth-order valence-electron chi connectivity index (χ4n) is 1.24. The topological polar surface area (TPSA) is 41.1 Å². The van der Waals surface area contributed by atoms with Crippen LogP contribution in [0, 0.1) is 18.2 Å². The van der Waals surface area contributed by atoms with E-state index in [1.165, 1.54) is 0 Å². The zero-order valence-corrected chi connectivity index (χ0v) is 9.64. The van der Waals surface area contributed by atoms with Gasteiger partial charge in [0.2, 0.25) is 5.91 Å². The molecule has 102 valence electrons. The normalized spacial score (nSPS) is 10.9. The molecule has 0 aliphatic heterocycles. The van der Waals surface area contributed by atoms with Crippen molar-refractivity contribution in [2.45, 2.75) is 6.18 Å². The van der Waals surface area contributed by atoms with Gasteiger partial charge in [-0.1, -0.05) is 5.92 Å². The fourth-order valence-corrected chi connectivity index (χ4v) is 1.24. The van der Waals surface area contributed by atoms with E-state index in [1.54, 1.807) is 0 Å². The van der Waals surface area contributed by atoms with Gasteiger partial charge in [-0.25, -0.2) is 4.39 Å². The van der Waals surface area contributed by atoms with Crippen molar-refractivity contribution in [1.82, 2.24) is 5.32 Å². The molecule has 1 aromatic rings. The van der Waals surface area contributed by atoms with Gasteiger partial charge in [0.25, 0.3) is 0 Å². The maximum atomic E-state index is 13.3. The van der Waals surface area contributed by atoms with Crippen molar-refractivity contribution >= 4 is 11.6 Å². The van der Waals surface area contributed by atoms with Gasteiger partial charge in [0.15, 0.2) is 0 Å². The third-order valence-corrected chi connectivity index (χ3v) is 2.08. The number of hydrogen-bond acceptors (Lipinski definition) is 2. The van der Waals surface area contributed by atoms with Gasteiger partial charge in [-0.2, -0.15) is 13.2 Å². The van der Waals surface area contributed by atoms with Crippen molar-refractivity contribution in [2.75, 3.05) is 18.4 Å². The Kier molecular flexibility index (Phi) is 4.89. The number of hydrogen-bond donors (Lipinski definition) is 2. The van der Waals surface area contributed by atoms with Crippen LogP contribution in [0.3, 0.4) is 0 Å². The molecule has 0 fully saturated rings. The highest BCUT2D eigenvalue weighted by Gasteiger charge is 2.31. The molecule has 0 radical (unpaired) electrons. The van der Waals surface area contributed by atoms with Crippen LogP contribution in [-0.2, 0) is 11.0 Å². The molecular formula is C12H10F4N2O. The van der Waals surface area contributed by atoms with Gasteiger partial charge in [-0.05, 0) is 18.2 Å². The minimum absolute atomic E-state index is 0.124. The number of anilines is 1. The van der Waals surface area contributed by atoms with Crippen LogP contribution in [0.1, 0.15) is 5.56 Å². The molecule has 7 heteroatoms. The number of halogens is 4. The lowest BCUT2D eigenvalue weighted by molar-refractivity contribution is -0.137. The molecule has 3 nitrogen and oxygen atoms in total. The first kappa shape index (κ1) is 15.0. The molecule has 19 heavy (non-hydrogen) atoms. The van der Waals surface area contributed by atoms with E-state index in [-0.39, 0.29) is 13.1 Å². The van der Waals surface area contributed by atoms with Crippen LogP contribution in [0.4, 0.5) is 23.2 Å². The number of amides is 1. The average molecular weight is 274 g/mol. The smallest absolute Gasteiger partial charge is 0.322 e. The quantitative estimate of drug-likeness (QED) is 0.501. The number of terminal acetylenes is 1. The highest BCUT2D eigenvalue weighted by Crippen LogP contribution is 2.31. The Morgan fingerprint density at radius 3 is 2.63 bits per heavy atom. The van der Waals surface area contributed by atoms with Crippen LogP contribution in [0.2, 0.25) is 0 Å². The molecule has 0 saturated carbocycles. The molecule has 1 rings (SSSR count). The van der Waals surface area contributed by atoms with Gasteiger partial charge in [-0.3, -0.25) is 10.1 Å². The minimum atomic E-state index is -4.60. The average Bonchev–Trinajstić information content (AvgIpc) is 2.31. The first-order valence-electron chi connectivity index (χ1n) is 5.15. The molecule has 0 bridgehead atoms. The predicted octanol–water partition coefficient (Wildman–Crippen LogP) is 2.01. The summed E-state index contributed by atoms with van der Waals surface area (Å²) >= 11 is 0. The first-order valence-corrected chi connectivity index (χ1v) is 5.15. The van der Waals surface area contributed by atoms with E-state index in [2.05, 4.69) is 11.2 Å². The fraction of sp³-hybridized carbons (Fsp3) is 0.250. The number of benzene rings is 1. The van der Waals surface area contributed by atoms with Crippen molar-refractivity contribution in [2.24, 2.45) is 0 Å². The zero-order valence-electron chi connectivity index (χ0n) is 9.64. The Labute approximate surface area is 107 Å². The summed E-state index contributed by atoms with van der Waals surface area (Å²) in [5.41, 5.74) is -1.57. The summed E-state index contributed by atoms with van der Waals surface area (Å²) < 4.78 is 50.5. The van der Waals surface area contributed by atoms with Crippen LogP contribution in [0.15, 0.2) is 18.2 Å². The van der Waals surface area contributed by atoms with Crippen LogP contribution in [0.5, 0.6) is 0 Å². The standard InChI is InChI=1S/C12H10F4N2O/c1-2-5-17-7-11(19)18-10-6-8(12(14,15)16)3-4-9(10)13/h1,3-4,6,17H,5,7H2,(H,18,19). The summed E-state index contributed by atoms with van der Waals surface area (Å²) in [7, 11) is 0. The maximum Gasteiger partial charge on any atom is 0.416 e. The molecule has 1 aromatic carbocycles. The second-order valence-corrected chi connectivity index (χ2v) is 3.55. The first-order chi connectivity index (χ1) is 8.84. The van der Waals surface area contributed by atoms with E-state index in [0.717, 1.165) is 0 Å². The summed E-state index contributed by atoms with van der Waals surface area (Å²) in [6.45, 7) is -0.0988. The molecule has 2 N–H and O–H groups in total. The Balaban J connectivity index is 2.78. The number of carbonyl (C=O) groups is 1. The highest BCUT2D eigenvalue weighted by atomic mass is 19.4. The Morgan fingerprint density at radius 1 is 1.37 bits per heavy atom. The van der Waals surface area contributed by atoms with Crippen LogP contribution in [-0.4, -0.2) is 19.0 Å². The predicted molar refractivity (Wildman–Crippen MR) is 61.7 cm³/mol. The van der Waals surface area contributed by atoms with Gasteiger partial charge in [0.1, 0.15) is 5.82 Å². The van der Waals surface area contributed by atoms with Gasteiger partial charge < -0.3 is 5.32 Å². The van der Waals surface area contributed by atoms with E-state index in [4.69, 9.17) is 6.42 Å². The molecule has 0 heterocycles. The molecular weight excluding hydrogens is 264 g/mol. The van der Waals surface area contributed by atoms with Gasteiger partial charge in [0.05, 0.1) is 24.3 Å². The van der Waals surface area contributed by atoms with Gasteiger partial charge >= 0.3 is 6.18 Å². The molecule has 0 aliphatic carbocycles. The summed E-state index contributed by atoms with van der Waals surface area (Å²) in [5, 5.41) is 4.56. The summed E-state index contributed by atoms with van der Waals surface area (Å²) in [6.07, 6.45) is 0.328. The lowest BCUT2D eigenvalue weighted by Crippen LogP contribution is -2.28. The number of rotatable bonds is 4. The maximum absolute atomic E-state index is 13.3. The number of carbonyl (C=O) groups excluding carboxylic acids is 1. The van der Waals surface area contributed by atoms with Crippen LogP contribution < -0.4 is 10.6 Å². The highest BCUT2D eigenvalue weighted by molar-refractivity contribution is 5.92. The summed E-state index contributed by atoms with van der Waals surface area (Å²) in [4.78, 5) is 11.3. The van der Waals surface area contributed by atoms with Gasteiger partial charge in [-0.15, -0.1) is 6.42 Å². The lowest BCUT2D eigenvalue weighted by Gasteiger charge is -2.11. The molecule has 0 spiro atoms. The second-order valence-electron chi connectivity index (χ2n) is 3.55. The monoisotopic (exact) mass is 274 g/mol. The molecule has 0 aliphatic rings. The molecule has 0 aromatic heterocycles. The molecule has 0 unspecified atom stereocenters. The Hall–Kier alpha value is -2.07. The lowest BCUT2D eigenvalue weighted by atomic mass is 10.2. The van der Waals surface area contributed by atoms with Gasteiger partial charge in [0, 0.05) is 0 Å². The Bertz CT molecular complexity index is 505. The SMILES string of the molecule is C#CCNCC(=O)Nc1cc(C(F)(F)F)ccc1F. The van der Waals surface area contributed by atoms with E-state index >= 15 is 0 Å². The van der Waals surface area contributed by atoms with Crippen molar-refractivity contribution in [3.8, 4) is 12.3 Å². The largest absolute Gasteiger partial charge is 0.416 e. The van der Waals surface area contributed by atoms with Crippen molar-refractivity contribution < 1.29 is 22.4 Å². The van der Waals surface area contributed by atoms with E-state index in [0.29, 0.717) is 18.2 Å².